The number of Topliss-reactive ketones (excluding diaryl/α,β-unsaturated/α-hetero) is 1. The largest absolute Gasteiger partial charge is 0.381 e. The molecule has 1 saturated heterocycles. The highest BCUT2D eigenvalue weighted by molar-refractivity contribution is 5.82. The Kier molecular flexibility index (Phi) is 6.61. The normalized spacial score (nSPS) is 17.9. The molecule has 0 unspecified atom stereocenters. The quantitative estimate of drug-likeness (QED) is 0.625. The number of carbonyl (C=O) groups is 1. The molecule has 0 radical (unpaired) electrons. The minimum absolute atomic E-state index is 0.0654. The van der Waals surface area contributed by atoms with Crippen molar-refractivity contribution in [2.24, 2.45) is 5.92 Å². The number of ether oxygens (including phenoxy) is 3. The van der Waals surface area contributed by atoms with E-state index >= 15 is 0 Å². The van der Waals surface area contributed by atoms with E-state index in [1.165, 1.54) is 0 Å². The SMILES string of the molecule is CCOC(OCC)C(=O)CC1CCOCC1. The van der Waals surface area contributed by atoms with Gasteiger partial charge in [0, 0.05) is 32.8 Å². The second-order valence-corrected chi connectivity index (χ2v) is 3.97. The molecule has 1 heterocycles. The smallest absolute Gasteiger partial charge is 0.217 e. The Labute approximate surface area is 97.2 Å². The predicted molar refractivity (Wildman–Crippen MR) is 60.2 cm³/mol. The topological polar surface area (TPSA) is 44.8 Å². The molecule has 0 saturated carbocycles. The first kappa shape index (κ1) is 13.6. The highest BCUT2D eigenvalue weighted by Crippen LogP contribution is 2.20. The Morgan fingerprint density at radius 2 is 1.81 bits per heavy atom. The van der Waals surface area contributed by atoms with Gasteiger partial charge in [0.2, 0.25) is 6.29 Å². The zero-order chi connectivity index (χ0) is 11.8. The number of hydrogen-bond donors (Lipinski definition) is 0. The lowest BCUT2D eigenvalue weighted by molar-refractivity contribution is -0.169. The molecule has 0 aromatic rings. The van der Waals surface area contributed by atoms with Crippen molar-refractivity contribution < 1.29 is 19.0 Å². The maximum Gasteiger partial charge on any atom is 0.217 e. The summed E-state index contributed by atoms with van der Waals surface area (Å²) in [6, 6.07) is 0. The third kappa shape index (κ3) is 4.60. The summed E-state index contributed by atoms with van der Waals surface area (Å²) in [7, 11) is 0. The van der Waals surface area contributed by atoms with Gasteiger partial charge >= 0.3 is 0 Å². The minimum atomic E-state index is -0.669. The van der Waals surface area contributed by atoms with Gasteiger partial charge in [-0.3, -0.25) is 4.79 Å². The molecular formula is C12H22O4. The van der Waals surface area contributed by atoms with Crippen molar-refractivity contribution in [3.63, 3.8) is 0 Å². The van der Waals surface area contributed by atoms with Crippen LogP contribution < -0.4 is 0 Å². The van der Waals surface area contributed by atoms with Crippen molar-refractivity contribution in [3.8, 4) is 0 Å². The number of carbonyl (C=O) groups excluding carboxylic acids is 1. The highest BCUT2D eigenvalue weighted by atomic mass is 16.7. The van der Waals surface area contributed by atoms with Gasteiger partial charge in [0.15, 0.2) is 5.78 Å². The molecule has 16 heavy (non-hydrogen) atoms. The minimum Gasteiger partial charge on any atom is -0.381 e. The van der Waals surface area contributed by atoms with Crippen LogP contribution in [0.5, 0.6) is 0 Å². The summed E-state index contributed by atoms with van der Waals surface area (Å²) in [5.74, 6) is 0.500. The molecule has 1 fully saturated rings. The Balaban J connectivity index is 2.34. The standard InChI is InChI=1S/C12H22O4/c1-3-15-12(16-4-2)11(13)9-10-5-7-14-8-6-10/h10,12H,3-9H2,1-2H3. The third-order valence-electron chi connectivity index (χ3n) is 2.73. The Morgan fingerprint density at radius 3 is 2.31 bits per heavy atom. The van der Waals surface area contributed by atoms with Gasteiger partial charge < -0.3 is 14.2 Å². The van der Waals surface area contributed by atoms with Gasteiger partial charge in [0.25, 0.3) is 0 Å². The van der Waals surface area contributed by atoms with E-state index in [4.69, 9.17) is 14.2 Å². The average Bonchev–Trinajstić information content (AvgIpc) is 2.30. The molecule has 0 spiro atoms. The summed E-state index contributed by atoms with van der Waals surface area (Å²) in [6.45, 7) is 6.29. The van der Waals surface area contributed by atoms with E-state index in [-0.39, 0.29) is 5.78 Å². The lowest BCUT2D eigenvalue weighted by atomic mass is 9.94. The summed E-state index contributed by atoms with van der Waals surface area (Å²) in [4.78, 5) is 11.9. The predicted octanol–water partition coefficient (Wildman–Crippen LogP) is 1.77. The molecule has 1 rings (SSSR count). The number of ketones is 1. The molecule has 0 bridgehead atoms. The number of rotatable bonds is 7. The van der Waals surface area contributed by atoms with Crippen molar-refractivity contribution >= 4 is 5.78 Å². The van der Waals surface area contributed by atoms with E-state index < -0.39 is 6.29 Å². The Morgan fingerprint density at radius 1 is 1.25 bits per heavy atom. The molecule has 0 aromatic heterocycles. The van der Waals surface area contributed by atoms with Crippen LogP contribution >= 0.6 is 0 Å². The highest BCUT2D eigenvalue weighted by Gasteiger charge is 2.24. The second kappa shape index (κ2) is 7.76. The van der Waals surface area contributed by atoms with E-state index in [0.717, 1.165) is 26.1 Å². The molecule has 1 aliphatic rings. The fraction of sp³-hybridized carbons (Fsp3) is 0.917. The lowest BCUT2D eigenvalue weighted by Crippen LogP contribution is -2.30. The van der Waals surface area contributed by atoms with Gasteiger partial charge in [0.1, 0.15) is 0 Å². The molecule has 0 aliphatic carbocycles. The van der Waals surface area contributed by atoms with E-state index in [9.17, 15) is 4.79 Å². The molecule has 0 N–H and O–H groups in total. The van der Waals surface area contributed by atoms with E-state index in [1.54, 1.807) is 0 Å². The Hall–Kier alpha value is -0.450. The number of hydrogen-bond acceptors (Lipinski definition) is 4. The fourth-order valence-corrected chi connectivity index (χ4v) is 1.87. The average molecular weight is 230 g/mol. The van der Waals surface area contributed by atoms with Crippen LogP contribution in [0.2, 0.25) is 0 Å². The van der Waals surface area contributed by atoms with Crippen LogP contribution in [-0.2, 0) is 19.0 Å². The van der Waals surface area contributed by atoms with E-state index in [2.05, 4.69) is 0 Å². The maximum absolute atomic E-state index is 11.9. The monoisotopic (exact) mass is 230 g/mol. The summed E-state index contributed by atoms with van der Waals surface area (Å²) in [5.41, 5.74) is 0. The lowest BCUT2D eigenvalue weighted by Gasteiger charge is -2.23. The van der Waals surface area contributed by atoms with Crippen LogP contribution in [0.25, 0.3) is 0 Å². The van der Waals surface area contributed by atoms with Crippen molar-refractivity contribution in [2.45, 2.75) is 39.4 Å². The van der Waals surface area contributed by atoms with Gasteiger partial charge in [-0.05, 0) is 32.6 Å². The summed E-state index contributed by atoms with van der Waals surface area (Å²) >= 11 is 0. The first-order chi connectivity index (χ1) is 7.77. The summed E-state index contributed by atoms with van der Waals surface area (Å²) in [6.07, 6.45) is 1.82. The molecule has 0 amide bonds. The van der Waals surface area contributed by atoms with Gasteiger partial charge in [-0.2, -0.15) is 0 Å². The van der Waals surface area contributed by atoms with Crippen LogP contribution in [0.1, 0.15) is 33.1 Å². The van der Waals surface area contributed by atoms with Crippen LogP contribution in [0, 0.1) is 5.92 Å². The molecule has 1 aliphatic heterocycles. The van der Waals surface area contributed by atoms with Crippen LogP contribution in [0.3, 0.4) is 0 Å². The maximum atomic E-state index is 11.9. The van der Waals surface area contributed by atoms with Crippen LogP contribution in [0.4, 0.5) is 0 Å². The Bertz CT molecular complexity index is 193. The van der Waals surface area contributed by atoms with Gasteiger partial charge in [-0.25, -0.2) is 0 Å². The molecule has 0 aromatic carbocycles. The second-order valence-electron chi connectivity index (χ2n) is 3.97. The first-order valence-corrected chi connectivity index (χ1v) is 6.11. The fourth-order valence-electron chi connectivity index (χ4n) is 1.87. The summed E-state index contributed by atoms with van der Waals surface area (Å²) < 4.78 is 15.8. The third-order valence-corrected chi connectivity index (χ3v) is 2.73. The van der Waals surface area contributed by atoms with Crippen molar-refractivity contribution in [3.05, 3.63) is 0 Å². The zero-order valence-electron chi connectivity index (χ0n) is 10.2. The summed E-state index contributed by atoms with van der Waals surface area (Å²) in [5, 5.41) is 0. The molecule has 4 heteroatoms. The van der Waals surface area contributed by atoms with Crippen molar-refractivity contribution in [1.29, 1.82) is 0 Å². The van der Waals surface area contributed by atoms with Gasteiger partial charge in [0.05, 0.1) is 0 Å². The van der Waals surface area contributed by atoms with Gasteiger partial charge in [-0.1, -0.05) is 0 Å². The van der Waals surface area contributed by atoms with Crippen LogP contribution in [0.15, 0.2) is 0 Å². The zero-order valence-corrected chi connectivity index (χ0v) is 10.2. The first-order valence-electron chi connectivity index (χ1n) is 6.11. The molecule has 4 nitrogen and oxygen atoms in total. The van der Waals surface area contributed by atoms with Crippen molar-refractivity contribution in [2.75, 3.05) is 26.4 Å². The van der Waals surface area contributed by atoms with Crippen LogP contribution in [-0.4, -0.2) is 38.5 Å². The van der Waals surface area contributed by atoms with Gasteiger partial charge in [-0.15, -0.1) is 0 Å². The molecular weight excluding hydrogens is 208 g/mol. The van der Waals surface area contributed by atoms with E-state index in [1.807, 2.05) is 13.8 Å². The van der Waals surface area contributed by atoms with E-state index in [0.29, 0.717) is 25.6 Å². The molecule has 0 atom stereocenters. The molecule has 94 valence electrons. The van der Waals surface area contributed by atoms with Crippen molar-refractivity contribution in [1.82, 2.24) is 0 Å².